The van der Waals surface area contributed by atoms with Gasteiger partial charge in [-0.05, 0) is 41.9 Å². The number of rotatable bonds is 4. The Morgan fingerprint density at radius 1 is 1.09 bits per heavy atom. The molecule has 0 spiro atoms. The number of aromatic nitrogens is 2. The number of ether oxygens (including phenoxy) is 1. The van der Waals surface area contributed by atoms with Crippen LogP contribution in [0.1, 0.15) is 12.5 Å². The van der Waals surface area contributed by atoms with E-state index < -0.39 is 0 Å². The summed E-state index contributed by atoms with van der Waals surface area (Å²) in [5, 5.41) is 0. The second-order valence-electron chi connectivity index (χ2n) is 5.07. The molecule has 3 rings (SSSR count). The van der Waals surface area contributed by atoms with Gasteiger partial charge in [0.2, 0.25) is 0 Å². The highest BCUT2D eigenvalue weighted by molar-refractivity contribution is 7.71. The molecule has 0 saturated carbocycles. The number of hydrogen-bond acceptors (Lipinski definition) is 2. The van der Waals surface area contributed by atoms with E-state index in [1.807, 2.05) is 35.0 Å². The molecular weight excluding hydrogens is 292 g/mol. The number of para-hydroxylation sites is 2. The van der Waals surface area contributed by atoms with Gasteiger partial charge in [0.05, 0.1) is 18.5 Å². The lowest BCUT2D eigenvalue weighted by Gasteiger charge is -2.08. The molecule has 3 nitrogen and oxygen atoms in total. The molecule has 0 fully saturated rings. The molecule has 4 heteroatoms. The van der Waals surface area contributed by atoms with Gasteiger partial charge in [0.15, 0.2) is 4.77 Å². The maximum atomic E-state index is 5.46. The minimum absolute atomic E-state index is 0.652. The summed E-state index contributed by atoms with van der Waals surface area (Å²) in [5.41, 5.74) is 4.38. The maximum Gasteiger partial charge on any atom is 0.182 e. The zero-order valence-electron chi connectivity index (χ0n) is 12.7. The average Bonchev–Trinajstić information content (AvgIpc) is 2.96. The minimum atomic E-state index is 0.652. The van der Waals surface area contributed by atoms with Crippen molar-refractivity contribution in [1.82, 2.24) is 9.55 Å². The van der Waals surface area contributed by atoms with Gasteiger partial charge in [0.25, 0.3) is 0 Å². The molecule has 0 amide bonds. The van der Waals surface area contributed by atoms with Crippen molar-refractivity contribution < 1.29 is 4.74 Å². The summed E-state index contributed by atoms with van der Waals surface area (Å²) in [7, 11) is 1.67. The Labute approximate surface area is 135 Å². The first kappa shape index (κ1) is 14.6. The molecule has 3 aromatic rings. The second kappa shape index (κ2) is 6.20. The van der Waals surface area contributed by atoms with Crippen LogP contribution >= 0.6 is 12.2 Å². The largest absolute Gasteiger partial charge is 0.495 e. The summed E-state index contributed by atoms with van der Waals surface area (Å²) in [6.45, 7) is 2.15. The quantitative estimate of drug-likeness (QED) is 0.703. The van der Waals surface area contributed by atoms with E-state index in [0.29, 0.717) is 4.77 Å². The predicted molar refractivity (Wildman–Crippen MR) is 92.3 cm³/mol. The topological polar surface area (TPSA) is 29.9 Å². The number of nitrogens with zero attached hydrogens (tertiary/aromatic N) is 1. The number of imidazole rings is 1. The fourth-order valence-electron chi connectivity index (χ4n) is 2.47. The van der Waals surface area contributed by atoms with Crippen molar-refractivity contribution in [3.8, 4) is 22.7 Å². The molecule has 1 heterocycles. The van der Waals surface area contributed by atoms with E-state index in [2.05, 4.69) is 36.2 Å². The van der Waals surface area contributed by atoms with Gasteiger partial charge < -0.3 is 9.72 Å². The van der Waals surface area contributed by atoms with Crippen LogP contribution in [0.4, 0.5) is 0 Å². The highest BCUT2D eigenvalue weighted by Gasteiger charge is 2.08. The highest BCUT2D eigenvalue weighted by Crippen LogP contribution is 2.26. The van der Waals surface area contributed by atoms with E-state index in [0.717, 1.165) is 29.1 Å². The van der Waals surface area contributed by atoms with Crippen LogP contribution in [0.3, 0.4) is 0 Å². The molecular formula is C18H18N2OS. The summed E-state index contributed by atoms with van der Waals surface area (Å²) >= 11 is 5.46. The van der Waals surface area contributed by atoms with Crippen molar-refractivity contribution in [1.29, 1.82) is 0 Å². The first-order chi connectivity index (χ1) is 10.7. The van der Waals surface area contributed by atoms with Crippen LogP contribution in [-0.4, -0.2) is 16.7 Å². The molecule has 0 saturated heterocycles. The van der Waals surface area contributed by atoms with Gasteiger partial charge in [0, 0.05) is 6.20 Å². The third kappa shape index (κ3) is 2.70. The number of aromatic amines is 1. The summed E-state index contributed by atoms with van der Waals surface area (Å²) in [6.07, 6.45) is 3.06. The zero-order valence-corrected chi connectivity index (χ0v) is 13.5. The molecule has 1 N–H and O–H groups in total. The zero-order chi connectivity index (χ0) is 15.5. The van der Waals surface area contributed by atoms with Crippen molar-refractivity contribution in [2.24, 2.45) is 0 Å². The van der Waals surface area contributed by atoms with Crippen molar-refractivity contribution >= 4 is 12.2 Å². The third-order valence-electron chi connectivity index (χ3n) is 3.74. The lowest BCUT2D eigenvalue weighted by Crippen LogP contribution is -1.96. The summed E-state index contributed by atoms with van der Waals surface area (Å²) in [6, 6.07) is 16.4. The fourth-order valence-corrected chi connectivity index (χ4v) is 2.73. The van der Waals surface area contributed by atoms with E-state index in [9.17, 15) is 0 Å². The Balaban J connectivity index is 2.05. The van der Waals surface area contributed by atoms with Gasteiger partial charge in [-0.1, -0.05) is 43.3 Å². The molecule has 0 atom stereocenters. The molecule has 1 aromatic heterocycles. The molecule has 0 bridgehead atoms. The standard InChI is InChI=1S/C18H18N2OS/c1-3-13-8-10-14(11-9-13)15-12-20(18(22)19-15)16-6-4-5-7-17(16)21-2/h4-12H,3H2,1-2H3,(H,19,22). The Kier molecular flexibility index (Phi) is 4.11. The van der Waals surface area contributed by atoms with Gasteiger partial charge in [-0.15, -0.1) is 0 Å². The summed E-state index contributed by atoms with van der Waals surface area (Å²) in [5.74, 6) is 0.797. The van der Waals surface area contributed by atoms with Crippen LogP contribution in [0.25, 0.3) is 16.9 Å². The number of aryl methyl sites for hydroxylation is 1. The highest BCUT2D eigenvalue weighted by atomic mass is 32.1. The second-order valence-corrected chi connectivity index (χ2v) is 5.45. The van der Waals surface area contributed by atoms with Crippen LogP contribution in [0.2, 0.25) is 0 Å². The van der Waals surface area contributed by atoms with E-state index in [4.69, 9.17) is 17.0 Å². The Morgan fingerprint density at radius 3 is 2.50 bits per heavy atom. The molecule has 22 heavy (non-hydrogen) atoms. The van der Waals surface area contributed by atoms with Gasteiger partial charge in [0.1, 0.15) is 5.75 Å². The van der Waals surface area contributed by atoms with Gasteiger partial charge in [-0.2, -0.15) is 0 Å². The molecule has 2 aromatic carbocycles. The molecule has 0 aliphatic heterocycles. The third-order valence-corrected chi connectivity index (χ3v) is 4.04. The van der Waals surface area contributed by atoms with Crippen molar-refractivity contribution in [3.05, 3.63) is 65.1 Å². The number of hydrogen-bond donors (Lipinski definition) is 1. The maximum absolute atomic E-state index is 5.46. The molecule has 112 valence electrons. The van der Waals surface area contributed by atoms with E-state index >= 15 is 0 Å². The number of H-pyrrole nitrogens is 1. The molecule has 0 aliphatic carbocycles. The molecule has 0 unspecified atom stereocenters. The first-order valence-electron chi connectivity index (χ1n) is 7.27. The lowest BCUT2D eigenvalue weighted by atomic mass is 10.1. The monoisotopic (exact) mass is 310 g/mol. The van der Waals surface area contributed by atoms with Crippen LogP contribution < -0.4 is 4.74 Å². The minimum Gasteiger partial charge on any atom is -0.495 e. The molecule has 0 aliphatic rings. The van der Waals surface area contributed by atoms with E-state index in [-0.39, 0.29) is 0 Å². The number of benzene rings is 2. The summed E-state index contributed by atoms with van der Waals surface area (Å²) in [4.78, 5) is 3.27. The van der Waals surface area contributed by atoms with Crippen LogP contribution in [0.5, 0.6) is 5.75 Å². The van der Waals surface area contributed by atoms with Crippen molar-refractivity contribution in [2.75, 3.05) is 7.11 Å². The lowest BCUT2D eigenvalue weighted by molar-refractivity contribution is 0.413. The Bertz CT molecular complexity index is 831. The number of methoxy groups -OCH3 is 1. The smallest absolute Gasteiger partial charge is 0.182 e. The van der Waals surface area contributed by atoms with Crippen LogP contribution in [-0.2, 0) is 6.42 Å². The fraction of sp³-hybridized carbons (Fsp3) is 0.167. The van der Waals surface area contributed by atoms with Crippen molar-refractivity contribution in [3.63, 3.8) is 0 Å². The SMILES string of the molecule is CCc1ccc(-c2cn(-c3ccccc3OC)c(=S)[nH]2)cc1. The van der Waals surface area contributed by atoms with E-state index in [1.54, 1.807) is 7.11 Å². The van der Waals surface area contributed by atoms with Crippen molar-refractivity contribution in [2.45, 2.75) is 13.3 Å². The van der Waals surface area contributed by atoms with E-state index in [1.165, 1.54) is 5.56 Å². The number of nitrogens with one attached hydrogen (secondary N) is 1. The Hall–Kier alpha value is -2.33. The van der Waals surface area contributed by atoms with Crippen LogP contribution in [0, 0.1) is 4.77 Å². The van der Waals surface area contributed by atoms with Crippen LogP contribution in [0.15, 0.2) is 54.7 Å². The summed E-state index contributed by atoms with van der Waals surface area (Å²) < 4.78 is 8.01. The first-order valence-corrected chi connectivity index (χ1v) is 7.68. The van der Waals surface area contributed by atoms with Gasteiger partial charge in [-0.25, -0.2) is 0 Å². The normalized spacial score (nSPS) is 10.6. The predicted octanol–water partition coefficient (Wildman–Crippen LogP) is 4.77. The van der Waals surface area contributed by atoms with Gasteiger partial charge in [-0.3, -0.25) is 4.57 Å². The molecule has 0 radical (unpaired) electrons. The Morgan fingerprint density at radius 2 is 1.82 bits per heavy atom. The average molecular weight is 310 g/mol. The van der Waals surface area contributed by atoms with Gasteiger partial charge >= 0.3 is 0 Å².